The summed E-state index contributed by atoms with van der Waals surface area (Å²) in [6.45, 7) is 2.03. The Balaban J connectivity index is 1.35. The van der Waals surface area contributed by atoms with Crippen LogP contribution in [-0.4, -0.2) is 45.8 Å². The Labute approximate surface area is 243 Å². The molecule has 0 saturated carbocycles. The van der Waals surface area contributed by atoms with Crippen LogP contribution < -0.4 is 20.5 Å². The molecule has 0 aliphatic rings. The number of methoxy groups -OCH3 is 1. The number of nitrogen functional groups attached to an aromatic ring is 1. The summed E-state index contributed by atoms with van der Waals surface area (Å²) in [4.78, 5) is 20.5. The van der Waals surface area contributed by atoms with E-state index in [2.05, 4.69) is 20.4 Å². The largest absolute Gasteiger partial charge is 0.493 e. The number of nitrogens with one attached hydrogen (secondary N) is 1. The normalized spacial score (nSPS) is 11.3. The summed E-state index contributed by atoms with van der Waals surface area (Å²) in [5.74, 6) is -0.103. The number of anilines is 1. The first-order valence-corrected chi connectivity index (χ1v) is 12.9. The molecule has 0 radical (unpaired) electrons. The summed E-state index contributed by atoms with van der Waals surface area (Å²) in [5.41, 5.74) is 7.79. The number of pyridine rings is 1. The number of benzene rings is 2. The SMILES string of the molecule is COc1cc(-c2ccc3nc(C)c(-c4cnc(N)c(C(F)(F)F)c4)n3n2)ccc1OCCNC(=O)c1cccc(C#N)c1. The molecule has 43 heavy (non-hydrogen) atoms. The molecule has 3 N–H and O–H groups in total. The fourth-order valence-electron chi connectivity index (χ4n) is 4.46. The number of halogens is 3. The van der Waals surface area contributed by atoms with E-state index in [1.807, 2.05) is 6.07 Å². The molecule has 0 fully saturated rings. The van der Waals surface area contributed by atoms with Gasteiger partial charge in [-0.1, -0.05) is 6.07 Å². The highest BCUT2D eigenvalue weighted by atomic mass is 19.4. The zero-order valence-electron chi connectivity index (χ0n) is 22.9. The molecule has 5 aromatic rings. The van der Waals surface area contributed by atoms with Crippen molar-refractivity contribution in [1.29, 1.82) is 5.26 Å². The predicted octanol–water partition coefficient (Wildman–Crippen LogP) is 5.06. The lowest BCUT2D eigenvalue weighted by atomic mass is 10.1. The van der Waals surface area contributed by atoms with Gasteiger partial charge in [-0.3, -0.25) is 4.79 Å². The van der Waals surface area contributed by atoms with Crippen molar-refractivity contribution in [3.05, 3.63) is 89.2 Å². The van der Waals surface area contributed by atoms with Crippen LogP contribution in [0, 0.1) is 18.3 Å². The van der Waals surface area contributed by atoms with Gasteiger partial charge < -0.3 is 20.5 Å². The number of rotatable bonds is 8. The van der Waals surface area contributed by atoms with Gasteiger partial charge in [-0.05, 0) is 61.5 Å². The van der Waals surface area contributed by atoms with Crippen molar-refractivity contribution in [2.75, 3.05) is 26.0 Å². The second-order valence-electron chi connectivity index (χ2n) is 9.35. The number of aromatic nitrogens is 4. The maximum Gasteiger partial charge on any atom is 0.419 e. The minimum Gasteiger partial charge on any atom is -0.493 e. The molecule has 1 amide bonds. The molecular weight excluding hydrogens is 563 g/mol. The highest BCUT2D eigenvalue weighted by Gasteiger charge is 2.34. The first-order chi connectivity index (χ1) is 20.6. The number of aryl methyl sites for hydroxylation is 1. The van der Waals surface area contributed by atoms with E-state index in [4.69, 9.17) is 20.5 Å². The fraction of sp³-hybridized carbons (Fsp3) is 0.167. The first-order valence-electron chi connectivity index (χ1n) is 12.9. The molecule has 0 spiro atoms. The van der Waals surface area contributed by atoms with Crippen molar-refractivity contribution in [2.24, 2.45) is 0 Å². The van der Waals surface area contributed by atoms with Crippen molar-refractivity contribution in [3.8, 4) is 40.1 Å². The quantitative estimate of drug-likeness (QED) is 0.240. The molecule has 3 aromatic heterocycles. The molecule has 0 saturated heterocycles. The summed E-state index contributed by atoms with van der Waals surface area (Å²) in [6, 6.07) is 17.9. The molecule has 2 aromatic carbocycles. The fourth-order valence-corrected chi connectivity index (χ4v) is 4.46. The summed E-state index contributed by atoms with van der Waals surface area (Å²) < 4.78 is 53.3. The number of hydrogen-bond acceptors (Lipinski definition) is 8. The maximum atomic E-state index is 13.5. The van der Waals surface area contributed by atoms with Gasteiger partial charge in [-0.25, -0.2) is 14.5 Å². The van der Waals surface area contributed by atoms with Crippen LogP contribution in [0.2, 0.25) is 0 Å². The number of carbonyl (C=O) groups is 1. The highest BCUT2D eigenvalue weighted by molar-refractivity contribution is 5.94. The molecule has 5 rings (SSSR count). The number of nitrogens with two attached hydrogens (primary N) is 1. The Kier molecular flexibility index (Phi) is 7.85. The van der Waals surface area contributed by atoms with Crippen molar-refractivity contribution in [2.45, 2.75) is 13.1 Å². The summed E-state index contributed by atoms with van der Waals surface area (Å²) in [5, 5.41) is 16.4. The Hall–Kier alpha value is -5.64. The number of hydrogen-bond donors (Lipinski definition) is 2. The number of fused-ring (bicyclic) bond motifs is 1. The Morgan fingerprint density at radius 3 is 2.65 bits per heavy atom. The van der Waals surface area contributed by atoms with E-state index in [-0.39, 0.29) is 24.6 Å². The third-order valence-electron chi connectivity index (χ3n) is 6.51. The van der Waals surface area contributed by atoms with Gasteiger partial charge in [-0.2, -0.15) is 23.5 Å². The van der Waals surface area contributed by atoms with Crippen LogP contribution in [0.1, 0.15) is 27.2 Å². The summed E-state index contributed by atoms with van der Waals surface area (Å²) in [6.07, 6.45) is -3.41. The van der Waals surface area contributed by atoms with E-state index < -0.39 is 17.6 Å². The van der Waals surface area contributed by atoms with E-state index in [9.17, 15) is 18.0 Å². The lowest BCUT2D eigenvalue weighted by Gasteiger charge is -2.13. The van der Waals surface area contributed by atoms with Gasteiger partial charge in [0.1, 0.15) is 12.4 Å². The monoisotopic (exact) mass is 587 g/mol. The average molecular weight is 588 g/mol. The smallest absolute Gasteiger partial charge is 0.419 e. The van der Waals surface area contributed by atoms with Crippen LogP contribution >= 0.6 is 0 Å². The number of amides is 1. The predicted molar refractivity (Wildman–Crippen MR) is 151 cm³/mol. The molecule has 218 valence electrons. The van der Waals surface area contributed by atoms with Crippen LogP contribution in [0.15, 0.2) is 66.9 Å². The first kappa shape index (κ1) is 28.9. The van der Waals surface area contributed by atoms with Crippen LogP contribution in [0.5, 0.6) is 11.5 Å². The molecule has 0 atom stereocenters. The Morgan fingerprint density at radius 1 is 1.09 bits per heavy atom. The lowest BCUT2D eigenvalue weighted by molar-refractivity contribution is -0.137. The molecule has 0 unspecified atom stereocenters. The summed E-state index contributed by atoms with van der Waals surface area (Å²) in [7, 11) is 1.48. The lowest BCUT2D eigenvalue weighted by Crippen LogP contribution is -2.28. The standard InChI is InChI=1S/C30H24F3N7O3/c1-17-27(21-13-22(30(31,32)33)28(35)37-16-21)40-26(38-17)9-7-23(39-40)19-6-8-24(25(14-19)42-2)43-11-10-36-29(41)20-5-3-4-18(12-20)15-34/h3-9,12-14,16H,10-11H2,1-2H3,(H2,35,37)(H,36,41). The van der Waals surface area contributed by atoms with Gasteiger partial charge in [0.25, 0.3) is 5.91 Å². The van der Waals surface area contributed by atoms with Gasteiger partial charge in [-0.15, -0.1) is 0 Å². The van der Waals surface area contributed by atoms with Crippen LogP contribution in [-0.2, 0) is 6.18 Å². The zero-order chi connectivity index (χ0) is 30.7. The van der Waals surface area contributed by atoms with Crippen molar-refractivity contribution < 1.29 is 27.4 Å². The number of alkyl halides is 3. The molecule has 0 bridgehead atoms. The second kappa shape index (κ2) is 11.7. The highest BCUT2D eigenvalue weighted by Crippen LogP contribution is 2.36. The number of ether oxygens (including phenoxy) is 2. The van der Waals surface area contributed by atoms with Gasteiger partial charge >= 0.3 is 6.18 Å². The summed E-state index contributed by atoms with van der Waals surface area (Å²) >= 11 is 0. The Bertz CT molecular complexity index is 1880. The van der Waals surface area contributed by atoms with E-state index >= 15 is 0 Å². The van der Waals surface area contributed by atoms with Crippen LogP contribution in [0.25, 0.3) is 28.2 Å². The van der Waals surface area contributed by atoms with E-state index in [0.29, 0.717) is 50.9 Å². The topological polar surface area (TPSA) is 140 Å². The molecule has 13 heteroatoms. The third-order valence-corrected chi connectivity index (χ3v) is 6.51. The molecular formula is C30H24F3N7O3. The molecule has 3 heterocycles. The Morgan fingerprint density at radius 2 is 1.91 bits per heavy atom. The van der Waals surface area contributed by atoms with E-state index in [0.717, 1.165) is 6.07 Å². The van der Waals surface area contributed by atoms with Crippen LogP contribution in [0.4, 0.5) is 19.0 Å². The average Bonchev–Trinajstić information content (AvgIpc) is 3.33. The third kappa shape index (κ3) is 6.03. The zero-order valence-corrected chi connectivity index (χ0v) is 22.9. The van der Waals surface area contributed by atoms with Crippen molar-refractivity contribution in [3.63, 3.8) is 0 Å². The minimum absolute atomic E-state index is 0.150. The number of imidazole rings is 1. The van der Waals surface area contributed by atoms with Crippen molar-refractivity contribution in [1.82, 2.24) is 24.9 Å². The maximum absolute atomic E-state index is 13.5. The number of nitrogens with zero attached hydrogens (tertiary/aromatic N) is 5. The number of carbonyl (C=O) groups excluding carboxylic acids is 1. The van der Waals surface area contributed by atoms with Gasteiger partial charge in [0.2, 0.25) is 0 Å². The second-order valence-corrected chi connectivity index (χ2v) is 9.35. The molecule has 0 aliphatic carbocycles. The van der Waals surface area contributed by atoms with Crippen LogP contribution in [0.3, 0.4) is 0 Å². The van der Waals surface area contributed by atoms with Gasteiger partial charge in [0.05, 0.1) is 47.9 Å². The van der Waals surface area contributed by atoms with Crippen molar-refractivity contribution >= 4 is 17.4 Å². The molecule has 0 aliphatic heterocycles. The number of nitriles is 1. The van der Waals surface area contributed by atoms with Gasteiger partial charge in [0, 0.05) is 22.9 Å². The molecule has 10 nitrogen and oxygen atoms in total. The van der Waals surface area contributed by atoms with E-state index in [1.165, 1.54) is 23.9 Å². The van der Waals surface area contributed by atoms with E-state index in [1.54, 1.807) is 55.5 Å². The van der Waals surface area contributed by atoms with Gasteiger partial charge in [0.15, 0.2) is 17.1 Å². The minimum atomic E-state index is -4.67.